The van der Waals surface area contributed by atoms with E-state index in [4.69, 9.17) is 5.73 Å². The number of methoxy groups -OCH3 is 1. The Bertz CT molecular complexity index is 370. The van der Waals surface area contributed by atoms with Crippen LogP contribution >= 0.6 is 39.0 Å². The lowest BCUT2D eigenvalue weighted by Crippen LogP contribution is -2.26. The molecule has 0 aliphatic rings. The Hall–Kier alpha value is -0.0400. The van der Waals surface area contributed by atoms with Crippen LogP contribution in [-0.4, -0.2) is 24.9 Å². The molecule has 0 aromatic carbocycles. The highest BCUT2D eigenvalue weighted by Crippen LogP contribution is 2.37. The summed E-state index contributed by atoms with van der Waals surface area (Å²) in [7, 11) is 1.40. The monoisotopic (exact) mass is 337 g/mol. The van der Waals surface area contributed by atoms with Crippen molar-refractivity contribution in [3.63, 3.8) is 0 Å². The Labute approximate surface area is 118 Å². The Balaban J connectivity index is 2.70. The molecule has 0 bridgehead atoms. The lowest BCUT2D eigenvalue weighted by atomic mass is 10.1. The highest BCUT2D eigenvalue weighted by Gasteiger charge is 2.22. The van der Waals surface area contributed by atoms with Crippen molar-refractivity contribution in [3.8, 4) is 0 Å². The predicted octanol–water partition coefficient (Wildman–Crippen LogP) is 3.20. The summed E-state index contributed by atoms with van der Waals surface area (Å²) in [6, 6.07) is 2.12. The Morgan fingerprint density at radius 1 is 1.71 bits per heavy atom. The summed E-state index contributed by atoms with van der Waals surface area (Å²) in [6.45, 7) is 2.05. The van der Waals surface area contributed by atoms with Crippen LogP contribution in [0, 0.1) is 0 Å². The maximum atomic E-state index is 11.2. The molecule has 0 radical (unpaired) electrons. The number of rotatable bonds is 6. The van der Waals surface area contributed by atoms with E-state index in [1.807, 2.05) is 5.38 Å². The zero-order valence-electron chi connectivity index (χ0n) is 9.81. The molecule has 0 fully saturated rings. The second-order valence-electron chi connectivity index (χ2n) is 3.55. The standard InChI is InChI=1S/C11H16BrNO2S2/c1-3-8(13)11(17-6-10(14)15-2)9-4-7(12)5-16-9/h4-5,8,11H,3,6,13H2,1-2H3. The molecule has 0 spiro atoms. The van der Waals surface area contributed by atoms with Crippen LogP contribution in [0.2, 0.25) is 0 Å². The average Bonchev–Trinajstić information content (AvgIpc) is 2.75. The number of hydrogen-bond acceptors (Lipinski definition) is 5. The maximum Gasteiger partial charge on any atom is 0.315 e. The van der Waals surface area contributed by atoms with E-state index in [0.29, 0.717) is 5.75 Å². The molecular weight excluding hydrogens is 322 g/mol. The van der Waals surface area contributed by atoms with E-state index in [9.17, 15) is 4.79 Å². The van der Waals surface area contributed by atoms with Gasteiger partial charge in [-0.2, -0.15) is 0 Å². The number of halogens is 1. The minimum absolute atomic E-state index is 0.0511. The number of esters is 1. The van der Waals surface area contributed by atoms with Gasteiger partial charge in [0.1, 0.15) is 0 Å². The van der Waals surface area contributed by atoms with Crippen LogP contribution in [0.1, 0.15) is 23.5 Å². The van der Waals surface area contributed by atoms with Gasteiger partial charge in [-0.25, -0.2) is 0 Å². The van der Waals surface area contributed by atoms with Gasteiger partial charge in [0, 0.05) is 20.8 Å². The second-order valence-corrected chi connectivity index (χ2v) is 6.54. The predicted molar refractivity (Wildman–Crippen MR) is 77.5 cm³/mol. The van der Waals surface area contributed by atoms with Crippen molar-refractivity contribution in [3.05, 3.63) is 20.8 Å². The fourth-order valence-corrected chi connectivity index (χ4v) is 4.30. The molecular formula is C11H16BrNO2S2. The van der Waals surface area contributed by atoms with E-state index in [1.54, 1.807) is 23.1 Å². The van der Waals surface area contributed by atoms with Crippen molar-refractivity contribution >= 4 is 45.0 Å². The van der Waals surface area contributed by atoms with Crippen molar-refractivity contribution in [1.29, 1.82) is 0 Å². The quantitative estimate of drug-likeness (QED) is 0.810. The highest BCUT2D eigenvalue weighted by molar-refractivity contribution is 9.10. The first-order valence-electron chi connectivity index (χ1n) is 5.26. The van der Waals surface area contributed by atoms with Gasteiger partial charge in [0.15, 0.2) is 0 Å². The molecule has 1 heterocycles. The number of nitrogens with two attached hydrogens (primary N) is 1. The normalized spacial score (nSPS) is 14.4. The summed E-state index contributed by atoms with van der Waals surface area (Å²) in [6.07, 6.45) is 0.883. The third-order valence-electron chi connectivity index (χ3n) is 2.34. The van der Waals surface area contributed by atoms with Crippen LogP contribution in [0.5, 0.6) is 0 Å². The van der Waals surface area contributed by atoms with Crippen molar-refractivity contribution in [2.75, 3.05) is 12.9 Å². The van der Waals surface area contributed by atoms with E-state index in [2.05, 4.69) is 33.7 Å². The van der Waals surface area contributed by atoms with Gasteiger partial charge in [-0.15, -0.1) is 23.1 Å². The molecule has 17 heavy (non-hydrogen) atoms. The molecule has 0 aliphatic heterocycles. The van der Waals surface area contributed by atoms with E-state index in [-0.39, 0.29) is 17.3 Å². The van der Waals surface area contributed by atoms with Crippen molar-refractivity contribution in [1.82, 2.24) is 0 Å². The molecule has 1 aromatic rings. The molecule has 0 aliphatic carbocycles. The van der Waals surface area contributed by atoms with Gasteiger partial charge < -0.3 is 10.5 Å². The Morgan fingerprint density at radius 2 is 2.41 bits per heavy atom. The molecule has 2 atom stereocenters. The molecule has 0 amide bonds. The van der Waals surface area contributed by atoms with Gasteiger partial charge >= 0.3 is 5.97 Å². The largest absolute Gasteiger partial charge is 0.468 e. The van der Waals surface area contributed by atoms with Crippen LogP contribution in [0.25, 0.3) is 0 Å². The molecule has 0 saturated heterocycles. The average molecular weight is 338 g/mol. The van der Waals surface area contributed by atoms with Crippen LogP contribution in [0.3, 0.4) is 0 Å². The van der Waals surface area contributed by atoms with Crippen LogP contribution in [0.4, 0.5) is 0 Å². The van der Waals surface area contributed by atoms with Crippen LogP contribution in [0.15, 0.2) is 15.9 Å². The highest BCUT2D eigenvalue weighted by atomic mass is 79.9. The first kappa shape index (κ1) is 15.0. The Morgan fingerprint density at radius 3 is 2.88 bits per heavy atom. The minimum atomic E-state index is -0.209. The summed E-state index contributed by atoms with van der Waals surface area (Å²) < 4.78 is 5.71. The number of thioether (sulfide) groups is 1. The number of thiophene rings is 1. The van der Waals surface area contributed by atoms with Crippen molar-refractivity contribution in [2.24, 2.45) is 5.73 Å². The molecule has 2 unspecified atom stereocenters. The summed E-state index contributed by atoms with van der Waals surface area (Å²) in [5.41, 5.74) is 6.10. The zero-order valence-corrected chi connectivity index (χ0v) is 13.0. The van der Waals surface area contributed by atoms with Gasteiger partial charge in [0.2, 0.25) is 0 Å². The van der Waals surface area contributed by atoms with E-state index in [1.165, 1.54) is 12.0 Å². The SMILES string of the molecule is CCC(N)C(SCC(=O)OC)c1cc(Br)cs1. The lowest BCUT2D eigenvalue weighted by Gasteiger charge is -2.20. The molecule has 3 nitrogen and oxygen atoms in total. The fourth-order valence-electron chi connectivity index (χ4n) is 1.33. The second kappa shape index (κ2) is 7.41. The van der Waals surface area contributed by atoms with Gasteiger partial charge in [-0.3, -0.25) is 4.79 Å². The fraction of sp³-hybridized carbons (Fsp3) is 0.545. The summed E-state index contributed by atoms with van der Waals surface area (Å²) >= 11 is 6.64. The van der Waals surface area contributed by atoms with Crippen molar-refractivity contribution in [2.45, 2.75) is 24.6 Å². The minimum Gasteiger partial charge on any atom is -0.468 e. The van der Waals surface area contributed by atoms with Crippen molar-refractivity contribution < 1.29 is 9.53 Å². The number of hydrogen-bond donors (Lipinski definition) is 1. The topological polar surface area (TPSA) is 52.3 Å². The van der Waals surface area contributed by atoms with Crippen LogP contribution in [-0.2, 0) is 9.53 Å². The zero-order chi connectivity index (χ0) is 12.8. The summed E-state index contributed by atoms with van der Waals surface area (Å²) in [5, 5.41) is 2.18. The molecule has 0 saturated carbocycles. The van der Waals surface area contributed by atoms with E-state index in [0.717, 1.165) is 10.9 Å². The van der Waals surface area contributed by atoms with Gasteiger partial charge in [-0.05, 0) is 28.4 Å². The first-order valence-corrected chi connectivity index (χ1v) is 7.98. The smallest absolute Gasteiger partial charge is 0.315 e. The van der Waals surface area contributed by atoms with Gasteiger partial charge in [0.25, 0.3) is 0 Å². The molecule has 1 rings (SSSR count). The molecule has 96 valence electrons. The number of ether oxygens (including phenoxy) is 1. The maximum absolute atomic E-state index is 11.2. The summed E-state index contributed by atoms with van der Waals surface area (Å²) in [4.78, 5) is 12.4. The Kier molecular flexibility index (Phi) is 6.54. The first-order chi connectivity index (χ1) is 8.08. The molecule has 1 aromatic heterocycles. The van der Waals surface area contributed by atoms with Crippen LogP contribution < -0.4 is 5.73 Å². The van der Waals surface area contributed by atoms with Gasteiger partial charge in [-0.1, -0.05) is 6.92 Å². The molecule has 2 N–H and O–H groups in total. The third kappa shape index (κ3) is 4.62. The van der Waals surface area contributed by atoms with E-state index < -0.39 is 0 Å². The molecule has 6 heteroatoms. The summed E-state index contributed by atoms with van der Waals surface area (Å²) in [5.74, 6) is 0.128. The third-order valence-corrected chi connectivity index (χ3v) is 5.63. The number of carbonyl (C=O) groups is 1. The van der Waals surface area contributed by atoms with Gasteiger partial charge in [0.05, 0.1) is 18.1 Å². The lowest BCUT2D eigenvalue weighted by molar-refractivity contribution is -0.137. The van der Waals surface area contributed by atoms with E-state index >= 15 is 0 Å². The number of carbonyl (C=O) groups excluding carboxylic acids is 1.